The molecular formula is C14H30N2. The first-order valence-corrected chi connectivity index (χ1v) is 6.89. The van der Waals surface area contributed by atoms with Crippen LogP contribution in [0.25, 0.3) is 0 Å². The van der Waals surface area contributed by atoms with E-state index in [4.69, 9.17) is 0 Å². The van der Waals surface area contributed by atoms with E-state index in [2.05, 4.69) is 45.1 Å². The van der Waals surface area contributed by atoms with Crippen LogP contribution in [0.15, 0.2) is 0 Å². The number of hydrogen-bond acceptors (Lipinski definition) is 2. The summed E-state index contributed by atoms with van der Waals surface area (Å²) in [5.41, 5.74) is 0. The highest BCUT2D eigenvalue weighted by Gasteiger charge is 2.22. The van der Waals surface area contributed by atoms with Crippen molar-refractivity contribution in [1.82, 2.24) is 10.2 Å². The zero-order valence-electron chi connectivity index (χ0n) is 11.8. The number of nitrogens with zero attached hydrogens (tertiary/aromatic N) is 1. The summed E-state index contributed by atoms with van der Waals surface area (Å²) in [6, 6.07) is 1.44. The van der Waals surface area contributed by atoms with Gasteiger partial charge in [0.25, 0.3) is 0 Å². The van der Waals surface area contributed by atoms with Gasteiger partial charge in [0.1, 0.15) is 0 Å². The summed E-state index contributed by atoms with van der Waals surface area (Å²) >= 11 is 0. The molecule has 0 bridgehead atoms. The standard InChI is InChI=1S/C14H30N2/c1-11(2)12(3)15-14-8-6-13(7-9-14)10-16(4)5/h11-15H,6-10H2,1-5H3. The van der Waals surface area contributed by atoms with Gasteiger partial charge >= 0.3 is 0 Å². The topological polar surface area (TPSA) is 15.3 Å². The van der Waals surface area contributed by atoms with Crippen molar-refractivity contribution in [2.45, 2.75) is 58.5 Å². The van der Waals surface area contributed by atoms with E-state index < -0.39 is 0 Å². The largest absolute Gasteiger partial charge is 0.311 e. The maximum atomic E-state index is 3.78. The molecule has 0 aromatic heterocycles. The summed E-state index contributed by atoms with van der Waals surface area (Å²) in [6.45, 7) is 8.19. The molecule has 1 saturated carbocycles. The summed E-state index contributed by atoms with van der Waals surface area (Å²) in [4.78, 5) is 2.33. The molecule has 1 aliphatic rings. The first-order chi connectivity index (χ1) is 7.49. The van der Waals surface area contributed by atoms with Crippen LogP contribution in [0.4, 0.5) is 0 Å². The van der Waals surface area contributed by atoms with Crippen molar-refractivity contribution in [3.8, 4) is 0 Å². The molecular weight excluding hydrogens is 196 g/mol. The molecule has 2 heteroatoms. The first kappa shape index (κ1) is 14.0. The lowest BCUT2D eigenvalue weighted by molar-refractivity contribution is 0.220. The fourth-order valence-corrected chi connectivity index (χ4v) is 2.59. The van der Waals surface area contributed by atoms with E-state index in [0.717, 1.165) is 17.9 Å². The fraction of sp³-hybridized carbons (Fsp3) is 1.00. The van der Waals surface area contributed by atoms with Crippen molar-refractivity contribution in [1.29, 1.82) is 0 Å². The normalized spacial score (nSPS) is 28.7. The third-order valence-corrected chi connectivity index (χ3v) is 3.97. The highest BCUT2D eigenvalue weighted by molar-refractivity contribution is 4.80. The third kappa shape index (κ3) is 4.84. The maximum Gasteiger partial charge on any atom is 0.00698 e. The molecule has 1 aliphatic carbocycles. The Hall–Kier alpha value is -0.0800. The molecule has 0 aliphatic heterocycles. The van der Waals surface area contributed by atoms with Gasteiger partial charge in [-0.15, -0.1) is 0 Å². The SMILES string of the molecule is CC(C)C(C)NC1CCC(CN(C)C)CC1. The van der Waals surface area contributed by atoms with Crippen LogP contribution in [-0.2, 0) is 0 Å². The second-order valence-electron chi connectivity index (χ2n) is 6.18. The molecule has 2 nitrogen and oxygen atoms in total. The van der Waals surface area contributed by atoms with Crippen molar-refractivity contribution < 1.29 is 0 Å². The van der Waals surface area contributed by atoms with Crippen LogP contribution in [0.1, 0.15) is 46.5 Å². The zero-order chi connectivity index (χ0) is 12.1. The van der Waals surface area contributed by atoms with Gasteiger partial charge in [-0.2, -0.15) is 0 Å². The minimum Gasteiger partial charge on any atom is -0.311 e. The molecule has 0 spiro atoms. The van der Waals surface area contributed by atoms with Crippen LogP contribution >= 0.6 is 0 Å². The van der Waals surface area contributed by atoms with Gasteiger partial charge in [0.2, 0.25) is 0 Å². The Morgan fingerprint density at radius 1 is 1.06 bits per heavy atom. The molecule has 0 radical (unpaired) electrons. The van der Waals surface area contributed by atoms with Crippen LogP contribution in [0.3, 0.4) is 0 Å². The predicted molar refractivity (Wildman–Crippen MR) is 71.7 cm³/mol. The summed E-state index contributed by atoms with van der Waals surface area (Å²) in [5, 5.41) is 3.78. The van der Waals surface area contributed by atoms with Crippen molar-refractivity contribution in [2.24, 2.45) is 11.8 Å². The Morgan fingerprint density at radius 3 is 2.06 bits per heavy atom. The smallest absolute Gasteiger partial charge is 0.00698 e. The van der Waals surface area contributed by atoms with Crippen molar-refractivity contribution >= 4 is 0 Å². The predicted octanol–water partition coefficient (Wildman–Crippen LogP) is 2.74. The molecule has 1 rings (SSSR count). The molecule has 0 saturated heterocycles. The summed E-state index contributed by atoms with van der Waals surface area (Å²) < 4.78 is 0. The van der Waals surface area contributed by atoms with Crippen LogP contribution in [0.5, 0.6) is 0 Å². The van der Waals surface area contributed by atoms with Crippen LogP contribution < -0.4 is 5.32 Å². The van der Waals surface area contributed by atoms with E-state index in [-0.39, 0.29) is 0 Å². The number of nitrogens with one attached hydrogen (secondary N) is 1. The van der Waals surface area contributed by atoms with Gasteiger partial charge in [0, 0.05) is 18.6 Å². The van der Waals surface area contributed by atoms with Gasteiger partial charge in [-0.25, -0.2) is 0 Å². The fourth-order valence-electron chi connectivity index (χ4n) is 2.59. The third-order valence-electron chi connectivity index (χ3n) is 3.97. The Bertz CT molecular complexity index is 181. The van der Waals surface area contributed by atoms with Gasteiger partial charge in [-0.1, -0.05) is 13.8 Å². The quantitative estimate of drug-likeness (QED) is 0.775. The van der Waals surface area contributed by atoms with Crippen LogP contribution in [0, 0.1) is 11.8 Å². The van der Waals surface area contributed by atoms with Crippen molar-refractivity contribution in [3.05, 3.63) is 0 Å². The minimum atomic E-state index is 0.662. The molecule has 16 heavy (non-hydrogen) atoms. The lowest BCUT2D eigenvalue weighted by Gasteiger charge is -2.33. The van der Waals surface area contributed by atoms with E-state index in [1.54, 1.807) is 0 Å². The van der Waals surface area contributed by atoms with Gasteiger partial charge in [0.15, 0.2) is 0 Å². The number of hydrogen-bond donors (Lipinski definition) is 1. The monoisotopic (exact) mass is 226 g/mol. The van der Waals surface area contributed by atoms with E-state index in [1.165, 1.54) is 32.2 Å². The lowest BCUT2D eigenvalue weighted by Crippen LogP contribution is -2.42. The molecule has 1 fully saturated rings. The Balaban J connectivity index is 2.21. The number of rotatable bonds is 5. The average Bonchev–Trinajstić information content (AvgIpc) is 2.20. The van der Waals surface area contributed by atoms with Gasteiger partial charge < -0.3 is 10.2 Å². The molecule has 1 unspecified atom stereocenters. The van der Waals surface area contributed by atoms with Gasteiger partial charge in [-0.3, -0.25) is 0 Å². The Kier molecular flexibility index (Phi) is 5.77. The van der Waals surface area contributed by atoms with E-state index in [9.17, 15) is 0 Å². The van der Waals surface area contributed by atoms with E-state index >= 15 is 0 Å². The average molecular weight is 226 g/mol. The molecule has 0 aromatic carbocycles. The summed E-state index contributed by atoms with van der Waals surface area (Å²) in [7, 11) is 4.37. The second kappa shape index (κ2) is 6.61. The molecule has 96 valence electrons. The molecule has 0 heterocycles. The van der Waals surface area contributed by atoms with Gasteiger partial charge in [-0.05, 0) is 58.5 Å². The van der Waals surface area contributed by atoms with Crippen molar-refractivity contribution in [3.63, 3.8) is 0 Å². The summed E-state index contributed by atoms with van der Waals surface area (Å²) in [6.07, 6.45) is 5.55. The van der Waals surface area contributed by atoms with E-state index in [0.29, 0.717) is 6.04 Å². The summed E-state index contributed by atoms with van der Waals surface area (Å²) in [5.74, 6) is 1.68. The minimum absolute atomic E-state index is 0.662. The lowest BCUT2D eigenvalue weighted by atomic mass is 9.85. The zero-order valence-corrected chi connectivity index (χ0v) is 11.8. The van der Waals surface area contributed by atoms with Crippen LogP contribution in [0.2, 0.25) is 0 Å². The molecule has 0 amide bonds. The highest BCUT2D eigenvalue weighted by Crippen LogP contribution is 2.25. The molecule has 1 atom stereocenters. The first-order valence-electron chi connectivity index (χ1n) is 6.89. The highest BCUT2D eigenvalue weighted by atomic mass is 15.1. The van der Waals surface area contributed by atoms with Gasteiger partial charge in [0.05, 0.1) is 0 Å². The Labute approximate surface area is 102 Å². The van der Waals surface area contributed by atoms with Crippen LogP contribution in [-0.4, -0.2) is 37.6 Å². The maximum absolute atomic E-state index is 3.78. The molecule has 0 aromatic rings. The van der Waals surface area contributed by atoms with Crippen molar-refractivity contribution in [2.75, 3.05) is 20.6 Å². The Morgan fingerprint density at radius 2 is 1.62 bits per heavy atom. The van der Waals surface area contributed by atoms with E-state index in [1.807, 2.05) is 0 Å². The molecule has 1 N–H and O–H groups in total. The second-order valence-corrected chi connectivity index (χ2v) is 6.18.